The second kappa shape index (κ2) is 7.94. The highest BCUT2D eigenvalue weighted by Gasteiger charge is 2.77. The maximum absolute atomic E-state index is 13.7. The average Bonchev–Trinajstić information content (AvgIpc) is 2.50. The molecule has 0 spiro atoms. The highest BCUT2D eigenvalue weighted by atomic mass is 19.4. The van der Waals surface area contributed by atoms with E-state index in [1.165, 1.54) is 13.8 Å². The van der Waals surface area contributed by atoms with Crippen LogP contribution in [0.3, 0.4) is 0 Å². The molecule has 0 N–H and O–H groups in total. The van der Waals surface area contributed by atoms with E-state index in [1.54, 1.807) is 0 Å². The van der Waals surface area contributed by atoms with Crippen molar-refractivity contribution in [1.29, 1.82) is 0 Å². The van der Waals surface area contributed by atoms with Crippen LogP contribution < -0.4 is 0 Å². The van der Waals surface area contributed by atoms with Gasteiger partial charge in [0, 0.05) is 11.5 Å². The second-order valence-corrected chi connectivity index (χ2v) is 7.70. The molecule has 0 aliphatic heterocycles. The number of carbonyl (C=O) groups excluding carboxylic acids is 2. The van der Waals surface area contributed by atoms with Crippen LogP contribution in [0, 0.1) is 11.8 Å². The van der Waals surface area contributed by atoms with Crippen molar-refractivity contribution < 1.29 is 45.4 Å². The average molecular weight is 418 g/mol. The summed E-state index contributed by atoms with van der Waals surface area (Å²) in [5.74, 6) is -5.58. The number of hydrogen-bond acceptors (Lipinski definition) is 4. The number of esters is 2. The molecule has 0 saturated heterocycles. The van der Waals surface area contributed by atoms with Crippen molar-refractivity contribution in [3.63, 3.8) is 0 Å². The molecule has 28 heavy (non-hydrogen) atoms. The standard InChI is InChI=1S/C18H24F6O4/c1-10(2)13(25)27-15(5)8-6-12(7-9-15)16(17(19,20)21,18(22,23)24)28-14(26)11(3)4/h11-12H,1,6-9H2,2-5H3/t12-,15-. The molecule has 0 aromatic carbocycles. The van der Waals surface area contributed by atoms with Crippen LogP contribution in [0.1, 0.15) is 53.4 Å². The first kappa shape index (κ1) is 24.3. The molecular formula is C18H24F6O4. The quantitative estimate of drug-likeness (QED) is 0.353. The zero-order valence-corrected chi connectivity index (χ0v) is 16.1. The van der Waals surface area contributed by atoms with Crippen LogP contribution >= 0.6 is 0 Å². The molecule has 0 aromatic heterocycles. The lowest BCUT2D eigenvalue weighted by Gasteiger charge is -2.46. The highest BCUT2D eigenvalue weighted by molar-refractivity contribution is 5.87. The Hall–Kier alpha value is -1.74. The van der Waals surface area contributed by atoms with Crippen molar-refractivity contribution in [1.82, 2.24) is 0 Å². The van der Waals surface area contributed by atoms with Crippen molar-refractivity contribution in [2.75, 3.05) is 0 Å². The van der Waals surface area contributed by atoms with Gasteiger partial charge in [0.15, 0.2) is 0 Å². The monoisotopic (exact) mass is 418 g/mol. The molecule has 1 fully saturated rings. The lowest BCUT2D eigenvalue weighted by Crippen LogP contribution is -2.65. The van der Waals surface area contributed by atoms with Crippen LogP contribution in [0.15, 0.2) is 12.2 Å². The van der Waals surface area contributed by atoms with Gasteiger partial charge in [-0.15, -0.1) is 0 Å². The Morgan fingerprint density at radius 2 is 1.46 bits per heavy atom. The summed E-state index contributed by atoms with van der Waals surface area (Å²) < 4.78 is 91.5. The van der Waals surface area contributed by atoms with E-state index in [9.17, 15) is 35.9 Å². The van der Waals surface area contributed by atoms with Crippen molar-refractivity contribution in [2.24, 2.45) is 11.8 Å². The maximum Gasteiger partial charge on any atom is 0.437 e. The Morgan fingerprint density at radius 1 is 1.04 bits per heavy atom. The van der Waals surface area contributed by atoms with E-state index in [2.05, 4.69) is 11.3 Å². The summed E-state index contributed by atoms with van der Waals surface area (Å²) in [6.07, 6.45) is -13.4. The van der Waals surface area contributed by atoms with Crippen LogP contribution in [-0.2, 0) is 19.1 Å². The molecule has 4 nitrogen and oxygen atoms in total. The van der Waals surface area contributed by atoms with Crippen LogP contribution in [0.4, 0.5) is 26.3 Å². The van der Waals surface area contributed by atoms with Gasteiger partial charge < -0.3 is 9.47 Å². The molecule has 1 aliphatic rings. The van der Waals surface area contributed by atoms with Gasteiger partial charge >= 0.3 is 29.9 Å². The van der Waals surface area contributed by atoms with Gasteiger partial charge in [-0.25, -0.2) is 4.79 Å². The molecule has 0 bridgehead atoms. The fraction of sp³-hybridized carbons (Fsp3) is 0.778. The van der Waals surface area contributed by atoms with E-state index in [0.29, 0.717) is 0 Å². The predicted octanol–water partition coefficient (Wildman–Crippen LogP) is 5.12. The normalized spacial score (nSPS) is 24.0. The largest absolute Gasteiger partial charge is 0.456 e. The number of halogens is 6. The maximum atomic E-state index is 13.7. The molecule has 1 rings (SSSR count). The van der Waals surface area contributed by atoms with Crippen molar-refractivity contribution >= 4 is 11.9 Å². The van der Waals surface area contributed by atoms with Gasteiger partial charge in [-0.2, -0.15) is 26.3 Å². The molecule has 1 saturated carbocycles. The second-order valence-electron chi connectivity index (χ2n) is 7.70. The van der Waals surface area contributed by atoms with E-state index in [1.807, 2.05) is 0 Å². The van der Waals surface area contributed by atoms with E-state index >= 15 is 0 Å². The topological polar surface area (TPSA) is 52.6 Å². The summed E-state index contributed by atoms with van der Waals surface area (Å²) >= 11 is 0. The predicted molar refractivity (Wildman–Crippen MR) is 87.0 cm³/mol. The minimum Gasteiger partial charge on any atom is -0.456 e. The molecule has 10 heteroatoms. The number of rotatable bonds is 5. The molecular weight excluding hydrogens is 394 g/mol. The molecule has 0 radical (unpaired) electrons. The SMILES string of the molecule is C=C(C)C(=O)O[C@]1(C)CC[C@@H](C(OC(=O)C(C)C)(C(F)(F)F)C(F)(F)F)CC1. The van der Waals surface area contributed by atoms with Gasteiger partial charge in [0.05, 0.1) is 5.92 Å². The van der Waals surface area contributed by atoms with Crippen molar-refractivity contribution in [3.05, 3.63) is 12.2 Å². The highest BCUT2D eigenvalue weighted by Crippen LogP contribution is 2.55. The summed E-state index contributed by atoms with van der Waals surface area (Å²) in [6.45, 7) is 8.50. The Morgan fingerprint density at radius 3 is 1.79 bits per heavy atom. The zero-order chi connectivity index (χ0) is 22.1. The minimum absolute atomic E-state index is 0.0640. The van der Waals surface area contributed by atoms with E-state index in [-0.39, 0.29) is 18.4 Å². The van der Waals surface area contributed by atoms with Crippen LogP contribution in [-0.4, -0.2) is 35.5 Å². The van der Waals surface area contributed by atoms with Crippen molar-refractivity contribution in [2.45, 2.75) is 76.9 Å². The van der Waals surface area contributed by atoms with Gasteiger partial charge in [0.1, 0.15) is 5.60 Å². The number of ether oxygens (including phenoxy) is 2. The molecule has 0 atom stereocenters. The molecule has 0 unspecified atom stereocenters. The number of hydrogen-bond donors (Lipinski definition) is 0. The lowest BCUT2D eigenvalue weighted by molar-refractivity contribution is -0.389. The Balaban J connectivity index is 3.23. The smallest absolute Gasteiger partial charge is 0.437 e. The number of alkyl halides is 6. The lowest BCUT2D eigenvalue weighted by atomic mass is 9.71. The zero-order valence-electron chi connectivity index (χ0n) is 16.1. The molecule has 162 valence electrons. The van der Waals surface area contributed by atoms with Gasteiger partial charge in [0.25, 0.3) is 0 Å². The Labute approximate surface area is 159 Å². The minimum atomic E-state index is -5.86. The summed E-state index contributed by atoms with van der Waals surface area (Å²) in [7, 11) is 0. The van der Waals surface area contributed by atoms with E-state index in [4.69, 9.17) is 4.74 Å². The van der Waals surface area contributed by atoms with Crippen LogP contribution in [0.5, 0.6) is 0 Å². The fourth-order valence-electron chi connectivity index (χ4n) is 3.15. The van der Waals surface area contributed by atoms with E-state index < -0.39 is 60.2 Å². The van der Waals surface area contributed by atoms with E-state index in [0.717, 1.165) is 13.8 Å². The Bertz CT molecular complexity index is 599. The summed E-state index contributed by atoms with van der Waals surface area (Å²) in [5.41, 5.74) is -5.77. The third-order valence-corrected chi connectivity index (χ3v) is 4.88. The van der Waals surface area contributed by atoms with Crippen LogP contribution in [0.25, 0.3) is 0 Å². The van der Waals surface area contributed by atoms with Gasteiger partial charge in [0.2, 0.25) is 0 Å². The van der Waals surface area contributed by atoms with Crippen LogP contribution in [0.2, 0.25) is 0 Å². The molecule has 0 heterocycles. The first-order valence-electron chi connectivity index (χ1n) is 8.72. The van der Waals surface area contributed by atoms with Crippen molar-refractivity contribution in [3.8, 4) is 0 Å². The van der Waals surface area contributed by atoms with Gasteiger partial charge in [-0.05, 0) is 39.5 Å². The third-order valence-electron chi connectivity index (χ3n) is 4.88. The third kappa shape index (κ3) is 4.81. The fourth-order valence-corrected chi connectivity index (χ4v) is 3.15. The van der Waals surface area contributed by atoms with Gasteiger partial charge in [-0.1, -0.05) is 20.4 Å². The molecule has 1 aliphatic carbocycles. The Kier molecular flexibility index (Phi) is 6.89. The molecule has 0 aromatic rings. The summed E-state index contributed by atoms with van der Waals surface area (Å²) in [4.78, 5) is 23.4. The molecule has 0 amide bonds. The first-order valence-corrected chi connectivity index (χ1v) is 8.72. The first-order chi connectivity index (χ1) is 12.5. The van der Waals surface area contributed by atoms with Gasteiger partial charge in [-0.3, -0.25) is 4.79 Å². The summed E-state index contributed by atoms with van der Waals surface area (Å²) in [5, 5.41) is 0. The summed E-state index contributed by atoms with van der Waals surface area (Å²) in [6, 6.07) is 0. The number of carbonyl (C=O) groups is 2.